The van der Waals surface area contributed by atoms with Crippen molar-refractivity contribution in [3.05, 3.63) is 59.9 Å². The number of halogens is 1. The van der Waals surface area contributed by atoms with Crippen LogP contribution in [0.5, 0.6) is 5.75 Å². The van der Waals surface area contributed by atoms with E-state index in [0.29, 0.717) is 12.8 Å². The number of nitrogens with one attached hydrogen (secondary N) is 1. The average Bonchev–Trinajstić information content (AvgIpc) is 2.61. The zero-order valence-corrected chi connectivity index (χ0v) is 15.7. The van der Waals surface area contributed by atoms with Gasteiger partial charge in [0.15, 0.2) is 11.6 Å². The van der Waals surface area contributed by atoms with Crippen molar-refractivity contribution in [2.45, 2.75) is 37.2 Å². The van der Waals surface area contributed by atoms with Crippen LogP contribution >= 0.6 is 0 Å². The third-order valence-corrected chi connectivity index (χ3v) is 5.35. The lowest BCUT2D eigenvalue weighted by atomic mass is 9.97. The van der Waals surface area contributed by atoms with E-state index in [2.05, 4.69) is 4.72 Å². The number of hydrogen-bond acceptors (Lipinski definition) is 4. The Labute approximate surface area is 153 Å². The molecule has 0 aliphatic carbocycles. The zero-order valence-electron chi connectivity index (χ0n) is 14.9. The van der Waals surface area contributed by atoms with Crippen LogP contribution in [0.15, 0.2) is 53.4 Å². The van der Waals surface area contributed by atoms with Crippen molar-refractivity contribution in [3.63, 3.8) is 0 Å². The Morgan fingerprint density at radius 2 is 1.88 bits per heavy atom. The summed E-state index contributed by atoms with van der Waals surface area (Å²) >= 11 is 0. The Bertz CT molecular complexity index is 823. The predicted molar refractivity (Wildman–Crippen MR) is 98.1 cm³/mol. The maximum Gasteiger partial charge on any atom is 0.240 e. The van der Waals surface area contributed by atoms with Crippen LogP contribution in [0.3, 0.4) is 0 Å². The number of ether oxygens (including phenoxy) is 1. The van der Waals surface area contributed by atoms with E-state index in [1.807, 2.05) is 30.3 Å². The molecule has 26 heavy (non-hydrogen) atoms. The third kappa shape index (κ3) is 5.79. The van der Waals surface area contributed by atoms with Gasteiger partial charge in [-0.15, -0.1) is 0 Å². The summed E-state index contributed by atoms with van der Waals surface area (Å²) in [5, 5.41) is 10.4. The molecule has 2 aromatic rings. The van der Waals surface area contributed by atoms with Gasteiger partial charge >= 0.3 is 0 Å². The molecule has 7 heteroatoms. The minimum absolute atomic E-state index is 0.00121. The Kier molecular flexibility index (Phi) is 6.75. The number of aliphatic hydroxyl groups is 1. The lowest BCUT2D eigenvalue weighted by molar-refractivity contribution is 0.0565. The van der Waals surface area contributed by atoms with Gasteiger partial charge < -0.3 is 9.84 Å². The van der Waals surface area contributed by atoms with Gasteiger partial charge in [-0.1, -0.05) is 30.3 Å². The summed E-state index contributed by atoms with van der Waals surface area (Å²) in [7, 11) is -3.94. The zero-order chi connectivity index (χ0) is 19.2. The molecule has 0 radical (unpaired) electrons. The number of sulfonamides is 1. The number of aryl methyl sites for hydroxylation is 1. The van der Waals surface area contributed by atoms with Crippen LogP contribution in [0, 0.1) is 5.82 Å². The number of hydrogen-bond donors (Lipinski definition) is 2. The molecular weight excluding hydrogens is 357 g/mol. The average molecular weight is 381 g/mol. The Hall–Kier alpha value is -1.96. The fraction of sp³-hybridized carbons (Fsp3) is 0.368. The monoisotopic (exact) mass is 381 g/mol. The second kappa shape index (κ2) is 8.62. The topological polar surface area (TPSA) is 75.6 Å². The Balaban J connectivity index is 1.99. The molecule has 0 fully saturated rings. The molecule has 2 aromatic carbocycles. The summed E-state index contributed by atoms with van der Waals surface area (Å²) in [5.41, 5.74) is -0.170. The highest BCUT2D eigenvalue weighted by Gasteiger charge is 2.24. The van der Waals surface area contributed by atoms with Gasteiger partial charge in [0.05, 0.1) is 17.1 Å². The van der Waals surface area contributed by atoms with Crippen LogP contribution in [0.25, 0.3) is 0 Å². The molecule has 0 amide bonds. The van der Waals surface area contributed by atoms with Gasteiger partial charge in [-0.3, -0.25) is 0 Å². The summed E-state index contributed by atoms with van der Waals surface area (Å²) in [6.45, 7) is 3.39. The summed E-state index contributed by atoms with van der Waals surface area (Å²) in [5.74, 6) is -0.744. The molecule has 0 bridgehead atoms. The summed E-state index contributed by atoms with van der Waals surface area (Å²) in [6, 6.07) is 13.1. The van der Waals surface area contributed by atoms with Crippen LogP contribution in [0.2, 0.25) is 0 Å². The fourth-order valence-corrected chi connectivity index (χ4v) is 3.58. The standard InChI is InChI=1S/C19H24FNO4S/c1-3-25-18-10-9-16(13-17(18)20)26(23,24)21-14-19(2,22)12-11-15-7-5-4-6-8-15/h4-10,13,21-22H,3,11-12,14H2,1-2H3/t19-/m1/s1. The Morgan fingerprint density at radius 3 is 2.50 bits per heavy atom. The quantitative estimate of drug-likeness (QED) is 0.700. The lowest BCUT2D eigenvalue weighted by Crippen LogP contribution is -2.40. The van der Waals surface area contributed by atoms with Gasteiger partial charge in [0, 0.05) is 6.54 Å². The van der Waals surface area contributed by atoms with E-state index in [-0.39, 0.29) is 23.8 Å². The molecule has 2 rings (SSSR count). The van der Waals surface area contributed by atoms with E-state index >= 15 is 0 Å². The van der Waals surface area contributed by atoms with E-state index in [4.69, 9.17) is 4.74 Å². The van der Waals surface area contributed by atoms with Crippen LogP contribution in [-0.4, -0.2) is 32.3 Å². The third-order valence-electron chi connectivity index (χ3n) is 3.95. The normalized spacial score (nSPS) is 14.0. The van der Waals surface area contributed by atoms with E-state index in [9.17, 15) is 17.9 Å². The van der Waals surface area contributed by atoms with Crippen molar-refractivity contribution in [1.82, 2.24) is 4.72 Å². The van der Waals surface area contributed by atoms with Crippen molar-refractivity contribution in [3.8, 4) is 5.75 Å². The second-order valence-corrected chi connectivity index (χ2v) is 8.10. The molecule has 2 N–H and O–H groups in total. The first-order valence-electron chi connectivity index (χ1n) is 8.42. The molecule has 0 aliphatic heterocycles. The first-order valence-corrected chi connectivity index (χ1v) is 9.90. The first-order chi connectivity index (χ1) is 12.2. The maximum atomic E-state index is 13.9. The minimum atomic E-state index is -3.94. The van der Waals surface area contributed by atoms with E-state index in [1.54, 1.807) is 13.8 Å². The van der Waals surface area contributed by atoms with Gasteiger partial charge in [-0.25, -0.2) is 17.5 Å². The van der Waals surface area contributed by atoms with Crippen molar-refractivity contribution < 1.29 is 22.7 Å². The van der Waals surface area contributed by atoms with Gasteiger partial charge in [-0.05, 0) is 50.5 Å². The minimum Gasteiger partial charge on any atom is -0.491 e. The van der Waals surface area contributed by atoms with Gasteiger partial charge in [0.1, 0.15) is 0 Å². The van der Waals surface area contributed by atoms with Gasteiger partial charge in [-0.2, -0.15) is 0 Å². The molecule has 0 heterocycles. The SMILES string of the molecule is CCOc1ccc(S(=O)(=O)NC[C@](C)(O)CCc2ccccc2)cc1F. The highest BCUT2D eigenvalue weighted by atomic mass is 32.2. The first kappa shape index (κ1) is 20.4. The van der Waals surface area contributed by atoms with Crippen molar-refractivity contribution in [1.29, 1.82) is 0 Å². The summed E-state index contributed by atoms with van der Waals surface area (Å²) in [4.78, 5) is -0.211. The van der Waals surface area contributed by atoms with E-state index in [0.717, 1.165) is 11.6 Å². The smallest absolute Gasteiger partial charge is 0.240 e. The second-order valence-electron chi connectivity index (χ2n) is 6.33. The summed E-state index contributed by atoms with van der Waals surface area (Å²) < 4.78 is 46.0. The molecule has 0 spiro atoms. The molecule has 5 nitrogen and oxygen atoms in total. The fourth-order valence-electron chi connectivity index (χ4n) is 2.40. The number of benzene rings is 2. The van der Waals surface area contributed by atoms with Crippen LogP contribution in [0.4, 0.5) is 4.39 Å². The van der Waals surface area contributed by atoms with Crippen LogP contribution < -0.4 is 9.46 Å². The molecule has 0 saturated carbocycles. The largest absolute Gasteiger partial charge is 0.491 e. The Morgan fingerprint density at radius 1 is 1.19 bits per heavy atom. The molecule has 142 valence electrons. The van der Waals surface area contributed by atoms with E-state index < -0.39 is 21.4 Å². The van der Waals surface area contributed by atoms with Crippen LogP contribution in [0.1, 0.15) is 25.8 Å². The highest BCUT2D eigenvalue weighted by molar-refractivity contribution is 7.89. The molecule has 0 saturated heterocycles. The van der Waals surface area contributed by atoms with Gasteiger partial charge in [0.2, 0.25) is 10.0 Å². The van der Waals surface area contributed by atoms with Crippen molar-refractivity contribution in [2.24, 2.45) is 0 Å². The molecule has 0 aliphatic rings. The van der Waals surface area contributed by atoms with E-state index in [1.165, 1.54) is 12.1 Å². The molecule has 0 unspecified atom stereocenters. The van der Waals surface area contributed by atoms with Gasteiger partial charge in [0.25, 0.3) is 0 Å². The lowest BCUT2D eigenvalue weighted by Gasteiger charge is -2.23. The molecule has 0 aromatic heterocycles. The van der Waals surface area contributed by atoms with Crippen LogP contribution in [-0.2, 0) is 16.4 Å². The predicted octanol–water partition coefficient (Wildman–Crippen LogP) is 2.89. The molecule has 1 atom stereocenters. The van der Waals surface area contributed by atoms with Crippen molar-refractivity contribution >= 4 is 10.0 Å². The maximum absolute atomic E-state index is 13.9. The summed E-state index contributed by atoms with van der Waals surface area (Å²) in [6.07, 6.45) is 1.00. The molecular formula is C19H24FNO4S. The highest BCUT2D eigenvalue weighted by Crippen LogP contribution is 2.21. The van der Waals surface area contributed by atoms with Crippen molar-refractivity contribution in [2.75, 3.05) is 13.2 Å². The number of rotatable bonds is 9.